The van der Waals surface area contributed by atoms with Gasteiger partial charge in [-0.3, -0.25) is 0 Å². The number of hydrogen-bond donors (Lipinski definition) is 1. The first-order valence-corrected chi connectivity index (χ1v) is 7.95. The normalized spacial score (nSPS) is 19.2. The fourth-order valence-corrected chi connectivity index (χ4v) is 3.41. The van der Waals surface area contributed by atoms with E-state index in [1.165, 1.54) is 25.7 Å². The molecule has 1 saturated carbocycles. The highest BCUT2D eigenvalue weighted by Crippen LogP contribution is 2.46. The molecule has 0 aliphatic heterocycles. The van der Waals surface area contributed by atoms with Gasteiger partial charge < -0.3 is 5.32 Å². The molecule has 0 saturated heterocycles. The van der Waals surface area contributed by atoms with Crippen molar-refractivity contribution in [2.24, 2.45) is 11.8 Å². The van der Waals surface area contributed by atoms with E-state index >= 15 is 0 Å². The van der Waals surface area contributed by atoms with Gasteiger partial charge in [-0.05, 0) is 43.2 Å². The van der Waals surface area contributed by atoms with Crippen molar-refractivity contribution in [1.29, 1.82) is 0 Å². The van der Waals surface area contributed by atoms with E-state index in [4.69, 9.17) is 0 Å². The summed E-state index contributed by atoms with van der Waals surface area (Å²) in [5, 5.41) is 3.72. The van der Waals surface area contributed by atoms with Gasteiger partial charge >= 0.3 is 0 Å². The zero-order valence-corrected chi connectivity index (χ0v) is 12.8. The zero-order valence-electron chi connectivity index (χ0n) is 12.8. The van der Waals surface area contributed by atoms with Gasteiger partial charge in [0, 0.05) is 12.0 Å². The predicted octanol–water partition coefficient (Wildman–Crippen LogP) is 4.38. The van der Waals surface area contributed by atoms with Gasteiger partial charge in [0.1, 0.15) is 0 Å². The van der Waals surface area contributed by atoms with Crippen molar-refractivity contribution >= 4 is 0 Å². The summed E-state index contributed by atoms with van der Waals surface area (Å²) in [4.78, 5) is 0. The van der Waals surface area contributed by atoms with Gasteiger partial charge in [0.2, 0.25) is 0 Å². The molecule has 0 heterocycles. The SMILES string of the molecule is CCC(CNCC(C)C)(c1ccccc1)C1CCC1. The second-order valence-corrected chi connectivity index (χ2v) is 6.53. The van der Waals surface area contributed by atoms with Crippen LogP contribution >= 0.6 is 0 Å². The Hall–Kier alpha value is -0.820. The fraction of sp³-hybridized carbons (Fsp3) is 0.667. The molecule has 0 amide bonds. The molecule has 19 heavy (non-hydrogen) atoms. The molecular formula is C18H29N. The summed E-state index contributed by atoms with van der Waals surface area (Å²) >= 11 is 0. The summed E-state index contributed by atoms with van der Waals surface area (Å²) in [6, 6.07) is 11.2. The van der Waals surface area contributed by atoms with Crippen LogP contribution in [0.2, 0.25) is 0 Å². The van der Waals surface area contributed by atoms with Crippen molar-refractivity contribution in [2.75, 3.05) is 13.1 Å². The average molecular weight is 259 g/mol. The Bertz CT molecular complexity index is 367. The molecule has 1 aliphatic rings. The summed E-state index contributed by atoms with van der Waals surface area (Å²) in [5.74, 6) is 1.60. The van der Waals surface area contributed by atoms with Gasteiger partial charge in [-0.2, -0.15) is 0 Å². The van der Waals surface area contributed by atoms with Crippen LogP contribution in [0.25, 0.3) is 0 Å². The molecule has 0 spiro atoms. The van der Waals surface area contributed by atoms with Crippen LogP contribution in [-0.2, 0) is 5.41 Å². The Kier molecular flexibility index (Phi) is 5.04. The Morgan fingerprint density at radius 2 is 1.89 bits per heavy atom. The topological polar surface area (TPSA) is 12.0 Å². The van der Waals surface area contributed by atoms with Crippen molar-refractivity contribution < 1.29 is 0 Å². The Labute approximate surface area is 118 Å². The molecule has 1 aliphatic carbocycles. The maximum Gasteiger partial charge on any atom is 0.0103 e. The van der Waals surface area contributed by atoms with Crippen LogP contribution in [-0.4, -0.2) is 13.1 Å². The van der Waals surface area contributed by atoms with E-state index in [1.807, 2.05) is 0 Å². The van der Waals surface area contributed by atoms with Crippen molar-refractivity contribution in [3.05, 3.63) is 35.9 Å². The van der Waals surface area contributed by atoms with Crippen LogP contribution in [0.15, 0.2) is 30.3 Å². The van der Waals surface area contributed by atoms with Gasteiger partial charge in [0.25, 0.3) is 0 Å². The van der Waals surface area contributed by atoms with Gasteiger partial charge in [-0.25, -0.2) is 0 Å². The summed E-state index contributed by atoms with van der Waals surface area (Å²) in [7, 11) is 0. The molecule has 1 N–H and O–H groups in total. The van der Waals surface area contributed by atoms with Crippen LogP contribution in [0.4, 0.5) is 0 Å². The molecule has 0 bridgehead atoms. The van der Waals surface area contributed by atoms with E-state index in [0.29, 0.717) is 5.41 Å². The Morgan fingerprint density at radius 1 is 1.21 bits per heavy atom. The third-order valence-electron chi connectivity index (χ3n) is 4.86. The van der Waals surface area contributed by atoms with Gasteiger partial charge in [-0.15, -0.1) is 0 Å². The van der Waals surface area contributed by atoms with Crippen molar-refractivity contribution in [3.63, 3.8) is 0 Å². The number of hydrogen-bond acceptors (Lipinski definition) is 1. The maximum absolute atomic E-state index is 3.72. The first kappa shape index (κ1) is 14.6. The van der Waals surface area contributed by atoms with Crippen molar-refractivity contribution in [2.45, 2.75) is 51.9 Å². The first-order chi connectivity index (χ1) is 9.19. The van der Waals surface area contributed by atoms with E-state index in [-0.39, 0.29) is 0 Å². The smallest absolute Gasteiger partial charge is 0.0103 e. The van der Waals surface area contributed by atoms with E-state index < -0.39 is 0 Å². The molecule has 1 nitrogen and oxygen atoms in total. The predicted molar refractivity (Wildman–Crippen MR) is 83.5 cm³/mol. The minimum absolute atomic E-state index is 0.356. The molecule has 106 valence electrons. The van der Waals surface area contributed by atoms with Crippen LogP contribution in [0.3, 0.4) is 0 Å². The summed E-state index contributed by atoms with van der Waals surface area (Å²) in [6.45, 7) is 9.19. The monoisotopic (exact) mass is 259 g/mol. The Morgan fingerprint density at radius 3 is 2.37 bits per heavy atom. The van der Waals surface area contributed by atoms with E-state index in [0.717, 1.165) is 24.9 Å². The Balaban J connectivity index is 2.16. The van der Waals surface area contributed by atoms with E-state index in [2.05, 4.69) is 56.4 Å². The molecule has 0 radical (unpaired) electrons. The number of rotatable bonds is 7. The summed E-state index contributed by atoms with van der Waals surface area (Å²) in [6.07, 6.45) is 5.48. The minimum Gasteiger partial charge on any atom is -0.316 e. The van der Waals surface area contributed by atoms with E-state index in [9.17, 15) is 0 Å². The zero-order chi connectivity index (χ0) is 13.7. The molecule has 1 aromatic rings. The highest BCUT2D eigenvalue weighted by Gasteiger charge is 2.41. The molecular weight excluding hydrogens is 230 g/mol. The molecule has 2 rings (SSSR count). The third-order valence-corrected chi connectivity index (χ3v) is 4.86. The van der Waals surface area contributed by atoms with Crippen molar-refractivity contribution in [1.82, 2.24) is 5.32 Å². The molecule has 1 heteroatoms. The number of benzene rings is 1. The van der Waals surface area contributed by atoms with Crippen molar-refractivity contribution in [3.8, 4) is 0 Å². The largest absolute Gasteiger partial charge is 0.316 e. The lowest BCUT2D eigenvalue weighted by atomic mass is 9.60. The number of nitrogens with one attached hydrogen (secondary N) is 1. The average Bonchev–Trinajstić information content (AvgIpc) is 2.36. The highest BCUT2D eigenvalue weighted by molar-refractivity contribution is 5.28. The molecule has 1 unspecified atom stereocenters. The molecule has 1 aromatic carbocycles. The maximum atomic E-state index is 3.72. The van der Waals surface area contributed by atoms with Gasteiger partial charge in [-0.1, -0.05) is 57.5 Å². The molecule has 1 atom stereocenters. The third kappa shape index (κ3) is 3.20. The lowest BCUT2D eigenvalue weighted by Crippen LogP contribution is -2.47. The summed E-state index contributed by atoms with van der Waals surface area (Å²) < 4.78 is 0. The fourth-order valence-electron chi connectivity index (χ4n) is 3.41. The molecule has 1 fully saturated rings. The molecule has 0 aromatic heterocycles. The van der Waals surface area contributed by atoms with Crippen LogP contribution < -0.4 is 5.32 Å². The lowest BCUT2D eigenvalue weighted by Gasteiger charge is -2.46. The summed E-state index contributed by atoms with van der Waals surface area (Å²) in [5.41, 5.74) is 1.90. The van der Waals surface area contributed by atoms with Gasteiger partial charge in [0.05, 0.1) is 0 Å². The second-order valence-electron chi connectivity index (χ2n) is 6.53. The first-order valence-electron chi connectivity index (χ1n) is 7.95. The van der Waals surface area contributed by atoms with Gasteiger partial charge in [0.15, 0.2) is 0 Å². The second kappa shape index (κ2) is 6.56. The minimum atomic E-state index is 0.356. The van der Waals surface area contributed by atoms with E-state index in [1.54, 1.807) is 5.56 Å². The van der Waals surface area contributed by atoms with Crippen LogP contribution in [0.5, 0.6) is 0 Å². The van der Waals surface area contributed by atoms with Crippen LogP contribution in [0.1, 0.15) is 52.0 Å². The lowest BCUT2D eigenvalue weighted by molar-refractivity contribution is 0.151. The standard InChI is InChI=1S/C18H29N/c1-4-18(17-11-8-12-17,14-19-13-15(2)3)16-9-6-5-7-10-16/h5-7,9-10,15,17,19H,4,8,11-14H2,1-3H3. The van der Waals surface area contributed by atoms with Crippen LogP contribution in [0, 0.1) is 11.8 Å². The quantitative estimate of drug-likeness (QED) is 0.766. The highest BCUT2D eigenvalue weighted by atomic mass is 14.9.